The normalized spacial score (nSPS) is 10.0. The van der Waals surface area contributed by atoms with Crippen molar-refractivity contribution in [2.75, 3.05) is 32.4 Å². The van der Waals surface area contributed by atoms with Crippen LogP contribution in [0.5, 0.6) is 17.2 Å². The molecule has 2 rings (SSSR count). The lowest BCUT2D eigenvalue weighted by Gasteiger charge is -2.14. The van der Waals surface area contributed by atoms with Gasteiger partial charge in [0.05, 0.1) is 21.3 Å². The molecule has 0 saturated heterocycles. The van der Waals surface area contributed by atoms with Crippen LogP contribution >= 0.6 is 0 Å². The molecular formula is C15H18N4O4. The van der Waals surface area contributed by atoms with Crippen molar-refractivity contribution >= 4 is 18.2 Å². The van der Waals surface area contributed by atoms with Crippen LogP contribution in [0.3, 0.4) is 0 Å². The van der Waals surface area contributed by atoms with Crippen molar-refractivity contribution in [2.45, 2.75) is 6.42 Å². The van der Waals surface area contributed by atoms with Crippen LogP contribution in [-0.2, 0) is 11.2 Å². The summed E-state index contributed by atoms with van der Waals surface area (Å²) in [4.78, 5) is 18.4. The fourth-order valence-corrected chi connectivity index (χ4v) is 2.14. The van der Waals surface area contributed by atoms with Gasteiger partial charge in [0.15, 0.2) is 11.5 Å². The van der Waals surface area contributed by atoms with Crippen LogP contribution in [0.1, 0.15) is 11.1 Å². The largest absolute Gasteiger partial charge is 0.493 e. The molecule has 1 heterocycles. The maximum Gasteiger partial charge on any atom is 0.231 e. The molecule has 0 radical (unpaired) electrons. The van der Waals surface area contributed by atoms with E-state index in [1.165, 1.54) is 0 Å². The number of aromatic nitrogens is 2. The molecule has 23 heavy (non-hydrogen) atoms. The highest BCUT2D eigenvalue weighted by molar-refractivity contribution is 5.67. The summed E-state index contributed by atoms with van der Waals surface area (Å²) in [7, 11) is 4.65. The third kappa shape index (κ3) is 3.60. The number of benzene rings is 1. The van der Waals surface area contributed by atoms with Gasteiger partial charge in [-0.2, -0.15) is 4.98 Å². The van der Waals surface area contributed by atoms with E-state index in [0.717, 1.165) is 11.1 Å². The third-order valence-electron chi connectivity index (χ3n) is 3.21. The number of nitrogens with two attached hydrogens (primary N) is 1. The Hall–Kier alpha value is -3.03. The molecule has 3 N–H and O–H groups in total. The predicted molar refractivity (Wildman–Crippen MR) is 85.0 cm³/mol. The first-order valence-corrected chi connectivity index (χ1v) is 6.73. The highest BCUT2D eigenvalue weighted by Gasteiger charge is 2.14. The number of amides is 1. The zero-order valence-electron chi connectivity index (χ0n) is 13.1. The first-order valence-electron chi connectivity index (χ1n) is 6.73. The topological polar surface area (TPSA) is 109 Å². The molecule has 0 aliphatic heterocycles. The number of nitrogens with one attached hydrogen (secondary N) is 1. The van der Waals surface area contributed by atoms with Crippen LogP contribution in [-0.4, -0.2) is 37.7 Å². The molecule has 0 aliphatic carbocycles. The van der Waals surface area contributed by atoms with Gasteiger partial charge in [-0.15, -0.1) is 0 Å². The lowest BCUT2D eigenvalue weighted by Crippen LogP contribution is -2.06. The van der Waals surface area contributed by atoms with Gasteiger partial charge in [-0.05, 0) is 17.7 Å². The Morgan fingerprint density at radius 2 is 1.83 bits per heavy atom. The van der Waals surface area contributed by atoms with Crippen LogP contribution in [0.4, 0.5) is 11.8 Å². The highest BCUT2D eigenvalue weighted by atomic mass is 16.5. The van der Waals surface area contributed by atoms with Gasteiger partial charge in [-0.25, -0.2) is 4.98 Å². The van der Waals surface area contributed by atoms with E-state index in [1.54, 1.807) is 27.5 Å². The zero-order chi connectivity index (χ0) is 16.8. The Balaban J connectivity index is 2.34. The summed E-state index contributed by atoms with van der Waals surface area (Å²) in [6, 6.07) is 3.66. The fraction of sp³-hybridized carbons (Fsp3) is 0.267. The third-order valence-corrected chi connectivity index (χ3v) is 3.21. The van der Waals surface area contributed by atoms with Crippen LogP contribution in [0, 0.1) is 0 Å². The molecule has 0 saturated carbocycles. The quantitative estimate of drug-likeness (QED) is 0.739. The number of ether oxygens (including phenoxy) is 3. The van der Waals surface area contributed by atoms with Gasteiger partial charge in [0.2, 0.25) is 18.1 Å². The Kier molecular flexibility index (Phi) is 5.19. The summed E-state index contributed by atoms with van der Waals surface area (Å²) >= 11 is 0. The summed E-state index contributed by atoms with van der Waals surface area (Å²) in [5.41, 5.74) is 7.52. The average molecular weight is 318 g/mol. The Labute approximate surface area is 133 Å². The first-order chi connectivity index (χ1) is 11.1. The van der Waals surface area contributed by atoms with Crippen molar-refractivity contribution in [1.29, 1.82) is 0 Å². The number of nitrogens with zero attached hydrogens (tertiary/aromatic N) is 2. The predicted octanol–water partition coefficient (Wildman–Crippen LogP) is 1.24. The average Bonchev–Trinajstić information content (AvgIpc) is 2.56. The fourth-order valence-electron chi connectivity index (χ4n) is 2.14. The molecule has 122 valence electrons. The molecule has 8 nitrogen and oxygen atoms in total. The molecule has 1 aromatic heterocycles. The molecule has 0 atom stereocenters. The first kappa shape index (κ1) is 16.3. The van der Waals surface area contributed by atoms with E-state index in [4.69, 9.17) is 19.9 Å². The molecule has 2 aromatic rings. The molecule has 8 heteroatoms. The van der Waals surface area contributed by atoms with Crippen LogP contribution in [0.2, 0.25) is 0 Å². The number of rotatable bonds is 7. The van der Waals surface area contributed by atoms with Gasteiger partial charge < -0.3 is 19.9 Å². The monoisotopic (exact) mass is 318 g/mol. The standard InChI is InChI=1S/C15H18N4O4/c1-21-11-5-9(6-12(22-2)13(11)23-3)4-10-7-17-15(18-8-20)19-14(10)16/h5-8H,4H2,1-3H3,(H3,16,17,18,19,20). The molecule has 0 aliphatic rings. The van der Waals surface area contributed by atoms with Gasteiger partial charge >= 0.3 is 0 Å². The van der Waals surface area contributed by atoms with Gasteiger partial charge in [0, 0.05) is 18.2 Å². The van der Waals surface area contributed by atoms with Crippen molar-refractivity contribution in [1.82, 2.24) is 9.97 Å². The number of methoxy groups -OCH3 is 3. The highest BCUT2D eigenvalue weighted by Crippen LogP contribution is 2.38. The minimum Gasteiger partial charge on any atom is -0.493 e. The second kappa shape index (κ2) is 7.30. The number of hydrogen-bond donors (Lipinski definition) is 2. The second-order valence-electron chi connectivity index (χ2n) is 4.58. The minimum absolute atomic E-state index is 0.158. The van der Waals surface area contributed by atoms with Crippen molar-refractivity contribution in [2.24, 2.45) is 0 Å². The van der Waals surface area contributed by atoms with Crippen LogP contribution in [0.15, 0.2) is 18.3 Å². The maximum atomic E-state index is 10.4. The summed E-state index contributed by atoms with van der Waals surface area (Å²) in [6.45, 7) is 0. The van der Waals surface area contributed by atoms with Crippen molar-refractivity contribution in [3.05, 3.63) is 29.5 Å². The lowest BCUT2D eigenvalue weighted by molar-refractivity contribution is -0.105. The molecule has 0 spiro atoms. The molecule has 1 aromatic carbocycles. The molecule has 0 bridgehead atoms. The zero-order valence-corrected chi connectivity index (χ0v) is 13.1. The number of nitrogen functional groups attached to an aromatic ring is 1. The van der Waals surface area contributed by atoms with Gasteiger partial charge in [-0.1, -0.05) is 0 Å². The minimum atomic E-state index is 0.158. The van der Waals surface area contributed by atoms with Crippen LogP contribution < -0.4 is 25.3 Å². The van der Waals surface area contributed by atoms with E-state index >= 15 is 0 Å². The summed E-state index contributed by atoms with van der Waals surface area (Å²) in [5.74, 6) is 2.08. The smallest absolute Gasteiger partial charge is 0.231 e. The van der Waals surface area contributed by atoms with Crippen LogP contribution in [0.25, 0.3) is 0 Å². The van der Waals surface area contributed by atoms with Crippen molar-refractivity contribution in [3.8, 4) is 17.2 Å². The van der Waals surface area contributed by atoms with Gasteiger partial charge in [0.25, 0.3) is 0 Å². The number of anilines is 2. The Morgan fingerprint density at radius 1 is 1.17 bits per heavy atom. The Morgan fingerprint density at radius 3 is 2.30 bits per heavy atom. The number of carbonyl (C=O) groups is 1. The van der Waals surface area contributed by atoms with E-state index < -0.39 is 0 Å². The molecule has 1 amide bonds. The summed E-state index contributed by atoms with van der Waals surface area (Å²) in [6.07, 6.45) is 2.54. The van der Waals surface area contributed by atoms with E-state index in [9.17, 15) is 4.79 Å². The SMILES string of the molecule is COc1cc(Cc2cnc(NC=O)nc2N)cc(OC)c1OC. The van der Waals surface area contributed by atoms with Crippen molar-refractivity contribution < 1.29 is 19.0 Å². The Bertz CT molecular complexity index is 681. The lowest BCUT2D eigenvalue weighted by atomic mass is 10.1. The van der Waals surface area contributed by atoms with Gasteiger partial charge in [-0.3, -0.25) is 10.1 Å². The summed E-state index contributed by atoms with van der Waals surface area (Å²) in [5, 5.41) is 2.35. The molecular weight excluding hydrogens is 300 g/mol. The van der Waals surface area contributed by atoms with E-state index in [2.05, 4.69) is 15.3 Å². The molecule has 0 unspecified atom stereocenters. The second-order valence-corrected chi connectivity index (χ2v) is 4.58. The molecule has 0 fully saturated rings. The maximum absolute atomic E-state index is 10.4. The van der Waals surface area contributed by atoms with E-state index in [0.29, 0.717) is 30.1 Å². The van der Waals surface area contributed by atoms with E-state index in [-0.39, 0.29) is 11.8 Å². The van der Waals surface area contributed by atoms with Crippen molar-refractivity contribution in [3.63, 3.8) is 0 Å². The van der Waals surface area contributed by atoms with E-state index in [1.807, 2.05) is 12.1 Å². The number of carbonyl (C=O) groups excluding carboxylic acids is 1. The number of hydrogen-bond acceptors (Lipinski definition) is 7. The summed E-state index contributed by atoms with van der Waals surface area (Å²) < 4.78 is 15.9. The van der Waals surface area contributed by atoms with Gasteiger partial charge in [0.1, 0.15) is 5.82 Å².